The molecule has 168 valence electrons. The molecule has 3 aromatic rings. The van der Waals surface area contributed by atoms with Gasteiger partial charge in [0.15, 0.2) is 0 Å². The Kier molecular flexibility index (Phi) is 7.04. The van der Waals surface area contributed by atoms with Crippen LogP contribution in [0.5, 0.6) is 0 Å². The first-order valence-corrected chi connectivity index (χ1v) is 11.0. The number of para-hydroxylation sites is 1. The predicted molar refractivity (Wildman–Crippen MR) is 129 cm³/mol. The number of nitrogens with one attached hydrogen (secondary N) is 1. The summed E-state index contributed by atoms with van der Waals surface area (Å²) in [4.78, 5) is 27.5. The minimum absolute atomic E-state index is 0.0895. The van der Waals surface area contributed by atoms with E-state index in [1.807, 2.05) is 50.2 Å². The summed E-state index contributed by atoms with van der Waals surface area (Å²) in [7, 11) is 0. The van der Waals surface area contributed by atoms with Gasteiger partial charge < -0.3 is 10.2 Å². The van der Waals surface area contributed by atoms with Crippen molar-refractivity contribution >= 4 is 29.2 Å². The Morgan fingerprint density at radius 2 is 1.75 bits per heavy atom. The van der Waals surface area contributed by atoms with Crippen molar-refractivity contribution in [2.75, 3.05) is 11.9 Å². The van der Waals surface area contributed by atoms with Gasteiger partial charge in [-0.2, -0.15) is 5.10 Å². The van der Waals surface area contributed by atoms with E-state index in [1.54, 1.807) is 28.9 Å². The number of carbonyl (C=O) groups is 2. The molecule has 0 fully saturated rings. The van der Waals surface area contributed by atoms with Crippen LogP contribution in [0.25, 0.3) is 5.69 Å². The normalized spacial score (nSPS) is 11.5. The second-order valence-corrected chi connectivity index (χ2v) is 9.43. The van der Waals surface area contributed by atoms with Crippen LogP contribution in [0.4, 0.5) is 5.82 Å². The SMILES string of the molecule is CC(C)N(CC(=O)Nc1cc(C(C)(C)C)nn1-c1ccccc1)C(=O)c1cccc(Cl)c1. The molecule has 0 saturated carbocycles. The third-order valence-corrected chi connectivity index (χ3v) is 5.25. The lowest BCUT2D eigenvalue weighted by Crippen LogP contribution is -2.42. The summed E-state index contributed by atoms with van der Waals surface area (Å²) in [6.07, 6.45) is 0. The molecule has 0 spiro atoms. The number of aromatic nitrogens is 2. The molecule has 1 aromatic heterocycles. The van der Waals surface area contributed by atoms with Crippen LogP contribution in [0.2, 0.25) is 5.02 Å². The molecular weight excluding hydrogens is 424 g/mol. The smallest absolute Gasteiger partial charge is 0.254 e. The van der Waals surface area contributed by atoms with Crippen LogP contribution >= 0.6 is 11.6 Å². The molecule has 0 unspecified atom stereocenters. The van der Waals surface area contributed by atoms with Gasteiger partial charge in [-0.15, -0.1) is 0 Å². The van der Waals surface area contributed by atoms with Crippen molar-refractivity contribution < 1.29 is 9.59 Å². The van der Waals surface area contributed by atoms with Crippen LogP contribution in [0.15, 0.2) is 60.7 Å². The fourth-order valence-electron chi connectivity index (χ4n) is 3.22. The highest BCUT2D eigenvalue weighted by Crippen LogP contribution is 2.26. The summed E-state index contributed by atoms with van der Waals surface area (Å²) in [5.41, 5.74) is 1.95. The fraction of sp³-hybridized carbons (Fsp3) is 0.320. The molecule has 3 rings (SSSR count). The highest BCUT2D eigenvalue weighted by molar-refractivity contribution is 6.31. The molecule has 0 atom stereocenters. The first kappa shape index (κ1) is 23.5. The van der Waals surface area contributed by atoms with Crippen molar-refractivity contribution in [3.8, 4) is 5.69 Å². The lowest BCUT2D eigenvalue weighted by molar-refractivity contribution is -0.117. The summed E-state index contributed by atoms with van der Waals surface area (Å²) >= 11 is 6.04. The van der Waals surface area contributed by atoms with Crippen LogP contribution in [0, 0.1) is 0 Å². The maximum Gasteiger partial charge on any atom is 0.254 e. The van der Waals surface area contributed by atoms with E-state index in [-0.39, 0.29) is 29.8 Å². The number of hydrogen-bond acceptors (Lipinski definition) is 3. The Bertz CT molecular complexity index is 1100. The van der Waals surface area contributed by atoms with Crippen LogP contribution in [0.1, 0.15) is 50.7 Å². The van der Waals surface area contributed by atoms with E-state index in [2.05, 4.69) is 26.1 Å². The summed E-state index contributed by atoms with van der Waals surface area (Å²) in [6, 6.07) is 18.1. The number of nitrogens with zero attached hydrogens (tertiary/aromatic N) is 3. The van der Waals surface area contributed by atoms with Crippen molar-refractivity contribution in [1.29, 1.82) is 0 Å². The molecule has 32 heavy (non-hydrogen) atoms. The zero-order valence-corrected chi connectivity index (χ0v) is 19.8. The van der Waals surface area contributed by atoms with Gasteiger partial charge in [-0.3, -0.25) is 9.59 Å². The molecule has 0 radical (unpaired) electrons. The second-order valence-electron chi connectivity index (χ2n) is 9.00. The molecule has 1 N–H and O–H groups in total. The largest absolute Gasteiger partial charge is 0.327 e. The van der Waals surface area contributed by atoms with E-state index in [1.165, 1.54) is 4.90 Å². The minimum Gasteiger partial charge on any atom is -0.327 e. The lowest BCUT2D eigenvalue weighted by Gasteiger charge is -2.26. The average molecular weight is 453 g/mol. The van der Waals surface area contributed by atoms with E-state index >= 15 is 0 Å². The van der Waals surface area contributed by atoms with E-state index in [9.17, 15) is 9.59 Å². The summed E-state index contributed by atoms with van der Waals surface area (Å²) < 4.78 is 1.72. The van der Waals surface area contributed by atoms with Crippen LogP contribution in [0.3, 0.4) is 0 Å². The number of carbonyl (C=O) groups excluding carboxylic acids is 2. The highest BCUT2D eigenvalue weighted by atomic mass is 35.5. The number of anilines is 1. The summed E-state index contributed by atoms with van der Waals surface area (Å²) in [5.74, 6) is 0.0150. The van der Waals surface area contributed by atoms with Gasteiger partial charge in [0.1, 0.15) is 12.4 Å². The molecule has 1 heterocycles. The molecule has 2 aromatic carbocycles. The molecule has 0 aliphatic carbocycles. The van der Waals surface area contributed by atoms with Crippen LogP contribution in [-0.4, -0.2) is 39.1 Å². The quantitative estimate of drug-likeness (QED) is 0.550. The van der Waals surface area contributed by atoms with E-state index in [4.69, 9.17) is 16.7 Å². The standard InChI is InChI=1S/C25H29ClN4O2/c1-17(2)29(24(32)18-10-9-11-19(26)14-18)16-23(31)27-22-15-21(25(3,4)5)28-30(22)20-12-7-6-8-13-20/h6-15,17H,16H2,1-5H3,(H,27,31). The first-order chi connectivity index (χ1) is 15.1. The van der Waals surface area contributed by atoms with Crippen LogP contribution < -0.4 is 5.32 Å². The van der Waals surface area contributed by atoms with Gasteiger partial charge in [0.2, 0.25) is 5.91 Å². The zero-order valence-electron chi connectivity index (χ0n) is 19.1. The molecule has 0 aliphatic heterocycles. The number of halogens is 1. The minimum atomic E-state index is -0.299. The predicted octanol–water partition coefficient (Wildman–Crippen LogP) is 5.31. The van der Waals surface area contributed by atoms with Gasteiger partial charge in [-0.1, -0.05) is 56.6 Å². The Balaban J connectivity index is 1.85. The van der Waals surface area contributed by atoms with Gasteiger partial charge in [0, 0.05) is 28.1 Å². The number of hydrogen-bond donors (Lipinski definition) is 1. The number of benzene rings is 2. The summed E-state index contributed by atoms with van der Waals surface area (Å²) in [5, 5.41) is 8.14. The van der Waals surface area contributed by atoms with Crippen molar-refractivity contribution in [2.24, 2.45) is 0 Å². The first-order valence-electron chi connectivity index (χ1n) is 10.6. The maximum absolute atomic E-state index is 13.0. The van der Waals surface area contributed by atoms with Gasteiger partial charge in [0.25, 0.3) is 5.91 Å². The zero-order chi connectivity index (χ0) is 23.5. The summed E-state index contributed by atoms with van der Waals surface area (Å²) in [6.45, 7) is 9.87. The molecule has 0 saturated heterocycles. The van der Waals surface area contributed by atoms with E-state index in [0.717, 1.165) is 11.4 Å². The number of rotatable bonds is 6. The maximum atomic E-state index is 13.0. The third-order valence-electron chi connectivity index (χ3n) is 5.02. The molecule has 0 aliphatic rings. The monoisotopic (exact) mass is 452 g/mol. The van der Waals surface area contributed by atoms with Crippen LogP contribution in [-0.2, 0) is 10.2 Å². The Morgan fingerprint density at radius 1 is 1.06 bits per heavy atom. The van der Waals surface area contributed by atoms with Crippen molar-refractivity contribution in [2.45, 2.75) is 46.1 Å². The van der Waals surface area contributed by atoms with E-state index < -0.39 is 0 Å². The van der Waals surface area contributed by atoms with Crippen molar-refractivity contribution in [3.63, 3.8) is 0 Å². The Morgan fingerprint density at radius 3 is 2.34 bits per heavy atom. The third kappa shape index (κ3) is 5.56. The van der Waals surface area contributed by atoms with Crippen molar-refractivity contribution in [3.05, 3.63) is 76.9 Å². The van der Waals surface area contributed by atoms with E-state index in [0.29, 0.717) is 16.4 Å². The van der Waals surface area contributed by atoms with Gasteiger partial charge >= 0.3 is 0 Å². The molecule has 0 bridgehead atoms. The lowest BCUT2D eigenvalue weighted by atomic mass is 9.92. The van der Waals surface area contributed by atoms with Gasteiger partial charge in [0.05, 0.1) is 11.4 Å². The molecule has 2 amide bonds. The van der Waals surface area contributed by atoms with Crippen molar-refractivity contribution in [1.82, 2.24) is 14.7 Å². The topological polar surface area (TPSA) is 67.2 Å². The Labute approximate surface area is 194 Å². The second kappa shape index (κ2) is 9.57. The molecule has 6 nitrogen and oxygen atoms in total. The highest BCUT2D eigenvalue weighted by Gasteiger charge is 2.24. The molecular formula is C25H29ClN4O2. The molecule has 7 heteroatoms. The van der Waals surface area contributed by atoms with Gasteiger partial charge in [-0.05, 0) is 44.2 Å². The Hall–Kier alpha value is -3.12. The fourth-order valence-corrected chi connectivity index (χ4v) is 3.41. The average Bonchev–Trinajstić information content (AvgIpc) is 3.16. The van der Waals surface area contributed by atoms with Gasteiger partial charge in [-0.25, -0.2) is 4.68 Å². The number of amides is 2.